The van der Waals surface area contributed by atoms with Gasteiger partial charge in [0.05, 0.1) is 17.3 Å². The van der Waals surface area contributed by atoms with Crippen LogP contribution in [0.4, 0.5) is 0 Å². The summed E-state index contributed by atoms with van der Waals surface area (Å²) in [5.74, 6) is -0.189. The molecule has 1 aliphatic carbocycles. The molecule has 19 heavy (non-hydrogen) atoms. The molecule has 2 rings (SSSR count). The Morgan fingerprint density at radius 3 is 3.05 bits per heavy atom. The summed E-state index contributed by atoms with van der Waals surface area (Å²) in [6, 6.07) is 0. The second-order valence-electron chi connectivity index (χ2n) is 4.52. The molecule has 104 valence electrons. The Hall–Kier alpha value is -0.850. The number of amides is 1. The average Bonchev–Trinajstić information content (AvgIpc) is 2.82. The van der Waals surface area contributed by atoms with E-state index in [2.05, 4.69) is 15.3 Å². The van der Waals surface area contributed by atoms with Gasteiger partial charge in [-0.1, -0.05) is 29.8 Å². The molecule has 0 radical (unpaired) electrons. The number of carbonyl (C=O) groups is 1. The van der Waals surface area contributed by atoms with Crippen LogP contribution in [0.15, 0.2) is 11.4 Å². The summed E-state index contributed by atoms with van der Waals surface area (Å²) in [4.78, 5) is 20.1. The van der Waals surface area contributed by atoms with Crippen molar-refractivity contribution in [3.63, 3.8) is 0 Å². The van der Waals surface area contributed by atoms with Crippen LogP contribution in [-0.2, 0) is 0 Å². The Balaban J connectivity index is 1.99. The van der Waals surface area contributed by atoms with E-state index in [1.165, 1.54) is 18.0 Å². The van der Waals surface area contributed by atoms with E-state index < -0.39 is 0 Å². The minimum absolute atomic E-state index is 0.129. The molecule has 1 fully saturated rings. The van der Waals surface area contributed by atoms with Crippen molar-refractivity contribution in [3.05, 3.63) is 16.9 Å². The van der Waals surface area contributed by atoms with Gasteiger partial charge >= 0.3 is 0 Å². The van der Waals surface area contributed by atoms with Crippen molar-refractivity contribution >= 4 is 29.3 Å². The number of aliphatic hydroxyl groups excluding tert-OH is 1. The maximum Gasteiger partial charge on any atom is 0.271 e. The number of halogens is 1. The maximum absolute atomic E-state index is 12.0. The van der Waals surface area contributed by atoms with Crippen molar-refractivity contribution in [2.75, 3.05) is 12.8 Å². The topological polar surface area (TPSA) is 75.1 Å². The van der Waals surface area contributed by atoms with E-state index in [4.69, 9.17) is 11.6 Å². The largest absolute Gasteiger partial charge is 0.393 e. The van der Waals surface area contributed by atoms with Gasteiger partial charge in [-0.15, -0.1) is 0 Å². The van der Waals surface area contributed by atoms with Gasteiger partial charge in [-0.05, 0) is 19.1 Å². The number of hydrogen-bond donors (Lipinski definition) is 2. The Bertz CT molecular complexity index is 472. The van der Waals surface area contributed by atoms with E-state index in [-0.39, 0.29) is 28.6 Å². The Morgan fingerprint density at radius 2 is 2.42 bits per heavy atom. The van der Waals surface area contributed by atoms with Crippen molar-refractivity contribution in [1.29, 1.82) is 0 Å². The molecule has 1 amide bonds. The number of nitrogens with zero attached hydrogens (tertiary/aromatic N) is 2. The van der Waals surface area contributed by atoms with Gasteiger partial charge in [0, 0.05) is 12.5 Å². The van der Waals surface area contributed by atoms with E-state index >= 15 is 0 Å². The third kappa shape index (κ3) is 3.58. The van der Waals surface area contributed by atoms with Gasteiger partial charge in [-0.3, -0.25) is 4.79 Å². The monoisotopic (exact) mass is 301 g/mol. The Morgan fingerprint density at radius 1 is 1.63 bits per heavy atom. The normalized spacial score (nSPS) is 22.5. The molecule has 1 saturated carbocycles. The highest BCUT2D eigenvalue weighted by Crippen LogP contribution is 2.25. The van der Waals surface area contributed by atoms with Gasteiger partial charge in [0.15, 0.2) is 10.9 Å². The second kappa shape index (κ2) is 6.54. The van der Waals surface area contributed by atoms with Gasteiger partial charge in [-0.25, -0.2) is 9.97 Å². The van der Waals surface area contributed by atoms with E-state index in [0.717, 1.165) is 19.3 Å². The summed E-state index contributed by atoms with van der Waals surface area (Å²) >= 11 is 7.28. The van der Waals surface area contributed by atoms with Crippen LogP contribution in [0.25, 0.3) is 0 Å². The van der Waals surface area contributed by atoms with Crippen LogP contribution in [0.3, 0.4) is 0 Å². The minimum atomic E-state index is -0.318. The summed E-state index contributed by atoms with van der Waals surface area (Å²) < 4.78 is 0. The molecule has 7 heteroatoms. The van der Waals surface area contributed by atoms with Crippen LogP contribution < -0.4 is 5.32 Å². The number of rotatable bonds is 4. The lowest BCUT2D eigenvalue weighted by molar-refractivity contribution is 0.0911. The van der Waals surface area contributed by atoms with Gasteiger partial charge < -0.3 is 10.4 Å². The van der Waals surface area contributed by atoms with Crippen LogP contribution in [0.2, 0.25) is 5.02 Å². The fraction of sp³-hybridized carbons (Fsp3) is 0.583. The number of nitrogens with one attached hydrogen (secondary N) is 1. The molecule has 2 unspecified atom stereocenters. The molecule has 2 N–H and O–H groups in total. The van der Waals surface area contributed by atoms with Crippen LogP contribution >= 0.6 is 23.4 Å². The Kier molecular flexibility index (Phi) is 5.01. The second-order valence-corrected chi connectivity index (χ2v) is 5.70. The molecule has 1 aliphatic rings. The standard InChI is InChI=1S/C12H16ClN3O2S/c1-19-12-15-6-8(13)10(16-12)11(18)14-5-7-3-2-4-9(7)17/h6-7,9,17H,2-5H2,1H3,(H,14,18). The fourth-order valence-corrected chi connectivity index (χ4v) is 2.69. The lowest BCUT2D eigenvalue weighted by Crippen LogP contribution is -2.33. The molecule has 0 aliphatic heterocycles. The average molecular weight is 302 g/mol. The molecular weight excluding hydrogens is 286 g/mol. The smallest absolute Gasteiger partial charge is 0.271 e. The minimum Gasteiger partial charge on any atom is -0.393 e. The SMILES string of the molecule is CSc1ncc(Cl)c(C(=O)NCC2CCCC2O)n1. The summed E-state index contributed by atoms with van der Waals surface area (Å²) in [6.07, 6.45) is 5.70. The number of carbonyl (C=O) groups excluding carboxylic acids is 1. The Labute approximate surface area is 121 Å². The first kappa shape index (κ1) is 14.6. The van der Waals surface area contributed by atoms with Crippen LogP contribution in [0.5, 0.6) is 0 Å². The zero-order chi connectivity index (χ0) is 13.8. The zero-order valence-corrected chi connectivity index (χ0v) is 12.2. The van der Waals surface area contributed by atoms with E-state index in [0.29, 0.717) is 11.7 Å². The van der Waals surface area contributed by atoms with Crippen LogP contribution in [-0.4, -0.2) is 39.9 Å². The van der Waals surface area contributed by atoms with E-state index in [1.54, 1.807) is 0 Å². The van der Waals surface area contributed by atoms with Crippen molar-refractivity contribution in [2.45, 2.75) is 30.5 Å². The zero-order valence-electron chi connectivity index (χ0n) is 10.6. The predicted octanol–water partition coefficient (Wildman–Crippen LogP) is 1.74. The summed E-state index contributed by atoms with van der Waals surface area (Å²) in [5.41, 5.74) is 0.188. The van der Waals surface area contributed by atoms with Crippen LogP contribution in [0.1, 0.15) is 29.8 Å². The van der Waals surface area contributed by atoms with Crippen molar-refractivity contribution in [1.82, 2.24) is 15.3 Å². The lowest BCUT2D eigenvalue weighted by atomic mass is 10.1. The molecule has 0 bridgehead atoms. The summed E-state index contributed by atoms with van der Waals surface area (Å²) in [5, 5.41) is 13.2. The van der Waals surface area contributed by atoms with Gasteiger partial charge in [0.25, 0.3) is 5.91 Å². The fourth-order valence-electron chi connectivity index (χ4n) is 2.17. The summed E-state index contributed by atoms with van der Waals surface area (Å²) in [7, 11) is 0. The van der Waals surface area contributed by atoms with E-state index in [1.807, 2.05) is 6.26 Å². The third-order valence-corrected chi connectivity index (χ3v) is 4.10. The molecule has 1 aromatic rings. The highest BCUT2D eigenvalue weighted by Gasteiger charge is 2.26. The van der Waals surface area contributed by atoms with Crippen molar-refractivity contribution in [2.24, 2.45) is 5.92 Å². The highest BCUT2D eigenvalue weighted by molar-refractivity contribution is 7.98. The summed E-state index contributed by atoms with van der Waals surface area (Å²) in [6.45, 7) is 0.453. The molecule has 1 heterocycles. The highest BCUT2D eigenvalue weighted by atomic mass is 35.5. The first-order chi connectivity index (χ1) is 9.11. The number of hydrogen-bond acceptors (Lipinski definition) is 5. The number of thioether (sulfide) groups is 1. The molecule has 0 saturated heterocycles. The number of aliphatic hydroxyl groups is 1. The first-order valence-electron chi connectivity index (χ1n) is 6.14. The molecule has 1 aromatic heterocycles. The molecule has 0 spiro atoms. The van der Waals surface area contributed by atoms with Crippen molar-refractivity contribution < 1.29 is 9.90 Å². The van der Waals surface area contributed by atoms with Gasteiger partial charge in [0.1, 0.15) is 0 Å². The van der Waals surface area contributed by atoms with Gasteiger partial charge in [0.2, 0.25) is 0 Å². The predicted molar refractivity (Wildman–Crippen MR) is 74.5 cm³/mol. The van der Waals surface area contributed by atoms with Crippen LogP contribution in [0, 0.1) is 5.92 Å². The van der Waals surface area contributed by atoms with Crippen molar-refractivity contribution in [3.8, 4) is 0 Å². The van der Waals surface area contributed by atoms with Gasteiger partial charge in [-0.2, -0.15) is 0 Å². The lowest BCUT2D eigenvalue weighted by Gasteiger charge is -2.15. The molecular formula is C12H16ClN3O2S. The molecule has 2 atom stereocenters. The quantitative estimate of drug-likeness (QED) is 0.654. The molecule has 5 nitrogen and oxygen atoms in total. The molecule has 0 aromatic carbocycles. The first-order valence-corrected chi connectivity index (χ1v) is 7.75. The third-order valence-electron chi connectivity index (χ3n) is 3.26. The van der Waals surface area contributed by atoms with E-state index in [9.17, 15) is 9.90 Å². The maximum atomic E-state index is 12.0. The number of aromatic nitrogens is 2.